The Morgan fingerprint density at radius 2 is 1.94 bits per heavy atom. The SMILES string of the molecule is CC1CC(NC2CCc3ccccc3C2)CCO1. The summed E-state index contributed by atoms with van der Waals surface area (Å²) in [4.78, 5) is 0. The number of hydrogen-bond acceptors (Lipinski definition) is 2. The summed E-state index contributed by atoms with van der Waals surface area (Å²) >= 11 is 0. The molecule has 0 bridgehead atoms. The second-order valence-electron chi connectivity index (χ2n) is 5.78. The lowest BCUT2D eigenvalue weighted by atomic mass is 9.87. The van der Waals surface area contributed by atoms with Gasteiger partial charge in [-0.3, -0.25) is 0 Å². The molecule has 2 aliphatic rings. The summed E-state index contributed by atoms with van der Waals surface area (Å²) in [5, 5.41) is 3.85. The minimum atomic E-state index is 0.423. The molecule has 1 aliphatic heterocycles. The van der Waals surface area contributed by atoms with Gasteiger partial charge in [-0.25, -0.2) is 0 Å². The van der Waals surface area contributed by atoms with Crippen molar-refractivity contribution in [3.63, 3.8) is 0 Å². The fourth-order valence-electron chi connectivity index (χ4n) is 3.32. The molecule has 1 N–H and O–H groups in total. The smallest absolute Gasteiger partial charge is 0.0561 e. The number of benzene rings is 1. The van der Waals surface area contributed by atoms with E-state index in [0.29, 0.717) is 18.2 Å². The Kier molecular flexibility index (Phi) is 3.67. The third-order valence-corrected chi connectivity index (χ3v) is 4.30. The third-order valence-electron chi connectivity index (χ3n) is 4.30. The second-order valence-corrected chi connectivity index (χ2v) is 5.78. The van der Waals surface area contributed by atoms with Gasteiger partial charge in [0.15, 0.2) is 0 Å². The van der Waals surface area contributed by atoms with E-state index in [0.717, 1.165) is 13.0 Å². The van der Waals surface area contributed by atoms with Crippen LogP contribution in [0.15, 0.2) is 24.3 Å². The van der Waals surface area contributed by atoms with Crippen LogP contribution in [0.4, 0.5) is 0 Å². The summed E-state index contributed by atoms with van der Waals surface area (Å²) in [5.74, 6) is 0. The molecular formula is C16H23NO. The summed E-state index contributed by atoms with van der Waals surface area (Å²) in [7, 11) is 0. The van der Waals surface area contributed by atoms with Crippen molar-refractivity contribution in [3.8, 4) is 0 Å². The van der Waals surface area contributed by atoms with Gasteiger partial charge in [0.05, 0.1) is 6.10 Å². The molecule has 1 aromatic carbocycles. The lowest BCUT2D eigenvalue weighted by Gasteiger charge is -2.33. The second kappa shape index (κ2) is 5.41. The lowest BCUT2D eigenvalue weighted by Crippen LogP contribution is -2.45. The molecule has 0 radical (unpaired) electrons. The van der Waals surface area contributed by atoms with Crippen LogP contribution in [0, 0.1) is 0 Å². The molecule has 18 heavy (non-hydrogen) atoms. The molecule has 98 valence electrons. The zero-order valence-corrected chi connectivity index (χ0v) is 11.2. The van der Waals surface area contributed by atoms with Gasteiger partial charge in [0.2, 0.25) is 0 Å². The summed E-state index contributed by atoms with van der Waals surface area (Å²) in [6, 6.07) is 10.2. The maximum atomic E-state index is 5.61. The Morgan fingerprint density at radius 3 is 2.78 bits per heavy atom. The molecular weight excluding hydrogens is 222 g/mol. The van der Waals surface area contributed by atoms with Gasteiger partial charge >= 0.3 is 0 Å². The lowest BCUT2D eigenvalue weighted by molar-refractivity contribution is 0.0109. The van der Waals surface area contributed by atoms with E-state index in [9.17, 15) is 0 Å². The highest BCUT2D eigenvalue weighted by Gasteiger charge is 2.24. The first-order chi connectivity index (χ1) is 8.81. The Morgan fingerprint density at radius 1 is 1.11 bits per heavy atom. The fourth-order valence-corrected chi connectivity index (χ4v) is 3.32. The molecule has 1 fully saturated rings. The molecule has 3 rings (SSSR count). The van der Waals surface area contributed by atoms with Crippen molar-refractivity contribution in [1.29, 1.82) is 0 Å². The quantitative estimate of drug-likeness (QED) is 0.865. The van der Waals surface area contributed by atoms with Crippen LogP contribution in [0.5, 0.6) is 0 Å². The predicted molar refractivity (Wildman–Crippen MR) is 73.8 cm³/mol. The standard InChI is InChI=1S/C16H23NO/c1-12-10-16(8-9-18-12)17-15-7-6-13-4-2-3-5-14(13)11-15/h2-5,12,15-17H,6-11H2,1H3. The molecule has 1 heterocycles. The first-order valence-electron chi connectivity index (χ1n) is 7.25. The Balaban J connectivity index is 1.59. The molecule has 0 saturated carbocycles. The van der Waals surface area contributed by atoms with Crippen molar-refractivity contribution < 1.29 is 4.74 Å². The van der Waals surface area contributed by atoms with E-state index in [1.54, 1.807) is 11.1 Å². The van der Waals surface area contributed by atoms with E-state index in [1.165, 1.54) is 25.7 Å². The van der Waals surface area contributed by atoms with Gasteiger partial charge in [0.1, 0.15) is 0 Å². The summed E-state index contributed by atoms with van der Waals surface area (Å²) in [5.41, 5.74) is 3.09. The number of nitrogens with one attached hydrogen (secondary N) is 1. The zero-order chi connectivity index (χ0) is 12.4. The monoisotopic (exact) mass is 245 g/mol. The topological polar surface area (TPSA) is 21.3 Å². The van der Waals surface area contributed by atoms with E-state index in [2.05, 4.69) is 36.5 Å². The van der Waals surface area contributed by atoms with Gasteiger partial charge in [-0.2, -0.15) is 0 Å². The third kappa shape index (κ3) is 2.76. The first kappa shape index (κ1) is 12.2. The van der Waals surface area contributed by atoms with Crippen LogP contribution in [0.3, 0.4) is 0 Å². The highest BCUT2D eigenvalue weighted by atomic mass is 16.5. The maximum Gasteiger partial charge on any atom is 0.0561 e. The first-order valence-corrected chi connectivity index (χ1v) is 7.25. The Hall–Kier alpha value is -0.860. The van der Waals surface area contributed by atoms with Crippen LogP contribution in [-0.4, -0.2) is 24.8 Å². The van der Waals surface area contributed by atoms with Crippen LogP contribution in [0.25, 0.3) is 0 Å². The van der Waals surface area contributed by atoms with Gasteiger partial charge in [-0.1, -0.05) is 24.3 Å². The van der Waals surface area contributed by atoms with Gasteiger partial charge in [-0.15, -0.1) is 0 Å². The summed E-state index contributed by atoms with van der Waals surface area (Å²) in [6.07, 6.45) is 6.46. The number of ether oxygens (including phenoxy) is 1. The molecule has 0 aromatic heterocycles. The van der Waals surface area contributed by atoms with E-state index < -0.39 is 0 Å². The van der Waals surface area contributed by atoms with Crippen molar-refractivity contribution in [3.05, 3.63) is 35.4 Å². The highest BCUT2D eigenvalue weighted by Crippen LogP contribution is 2.23. The minimum Gasteiger partial charge on any atom is -0.378 e. The summed E-state index contributed by atoms with van der Waals surface area (Å²) in [6.45, 7) is 3.10. The summed E-state index contributed by atoms with van der Waals surface area (Å²) < 4.78 is 5.61. The average molecular weight is 245 g/mol. The van der Waals surface area contributed by atoms with Gasteiger partial charge in [-0.05, 0) is 50.2 Å². The number of hydrogen-bond donors (Lipinski definition) is 1. The zero-order valence-electron chi connectivity index (χ0n) is 11.2. The normalized spacial score (nSPS) is 31.9. The van der Waals surface area contributed by atoms with E-state index >= 15 is 0 Å². The van der Waals surface area contributed by atoms with Gasteiger partial charge in [0, 0.05) is 18.7 Å². The number of aryl methyl sites for hydroxylation is 1. The minimum absolute atomic E-state index is 0.423. The van der Waals surface area contributed by atoms with Crippen LogP contribution < -0.4 is 5.32 Å². The van der Waals surface area contributed by atoms with Crippen LogP contribution in [0.2, 0.25) is 0 Å². The van der Waals surface area contributed by atoms with Crippen molar-refractivity contribution in [2.24, 2.45) is 0 Å². The van der Waals surface area contributed by atoms with Gasteiger partial charge < -0.3 is 10.1 Å². The Labute approximate surface area is 110 Å². The van der Waals surface area contributed by atoms with Crippen molar-refractivity contribution in [2.75, 3.05) is 6.61 Å². The van der Waals surface area contributed by atoms with Crippen LogP contribution in [-0.2, 0) is 17.6 Å². The molecule has 0 spiro atoms. The molecule has 2 heteroatoms. The van der Waals surface area contributed by atoms with Gasteiger partial charge in [0.25, 0.3) is 0 Å². The van der Waals surface area contributed by atoms with Crippen LogP contribution in [0.1, 0.15) is 37.3 Å². The van der Waals surface area contributed by atoms with Crippen molar-refractivity contribution in [2.45, 2.75) is 57.2 Å². The maximum absolute atomic E-state index is 5.61. The fraction of sp³-hybridized carbons (Fsp3) is 0.625. The molecule has 1 aliphatic carbocycles. The predicted octanol–water partition coefficient (Wildman–Crippen LogP) is 2.70. The van der Waals surface area contributed by atoms with Crippen LogP contribution >= 0.6 is 0 Å². The molecule has 1 aromatic rings. The number of rotatable bonds is 2. The highest BCUT2D eigenvalue weighted by molar-refractivity contribution is 5.30. The average Bonchev–Trinajstić information content (AvgIpc) is 2.39. The van der Waals surface area contributed by atoms with E-state index in [1.807, 2.05) is 0 Å². The van der Waals surface area contributed by atoms with E-state index in [-0.39, 0.29) is 0 Å². The molecule has 3 unspecified atom stereocenters. The molecule has 2 nitrogen and oxygen atoms in total. The van der Waals surface area contributed by atoms with Crippen molar-refractivity contribution in [1.82, 2.24) is 5.32 Å². The molecule has 0 amide bonds. The number of fused-ring (bicyclic) bond motifs is 1. The molecule has 1 saturated heterocycles. The largest absolute Gasteiger partial charge is 0.378 e. The van der Waals surface area contributed by atoms with Crippen molar-refractivity contribution >= 4 is 0 Å². The van der Waals surface area contributed by atoms with E-state index in [4.69, 9.17) is 4.74 Å². The Bertz CT molecular complexity index is 404. The molecule has 3 atom stereocenters.